The fourth-order valence-electron chi connectivity index (χ4n) is 4.50. The van der Waals surface area contributed by atoms with Gasteiger partial charge in [-0.25, -0.2) is 9.97 Å². The third-order valence-electron chi connectivity index (χ3n) is 6.32. The number of para-hydroxylation sites is 2. The number of carbonyl (C=O) groups excluding carboxylic acids is 1. The van der Waals surface area contributed by atoms with Gasteiger partial charge in [0.25, 0.3) is 0 Å². The Hall–Kier alpha value is -4.16. The van der Waals surface area contributed by atoms with Crippen molar-refractivity contribution in [3.05, 3.63) is 66.4 Å². The summed E-state index contributed by atoms with van der Waals surface area (Å²) in [6.45, 7) is 8.33. The Morgan fingerprint density at radius 3 is 2.66 bits per heavy atom. The Bertz CT molecular complexity index is 1300. The third kappa shape index (κ3) is 4.74. The number of nitrogens with one attached hydrogen (secondary N) is 2. The first-order chi connectivity index (χ1) is 17.2. The zero-order chi connectivity index (χ0) is 24.2. The van der Waals surface area contributed by atoms with Crippen LogP contribution in [0.5, 0.6) is 11.5 Å². The van der Waals surface area contributed by atoms with Gasteiger partial charge in [-0.15, -0.1) is 6.58 Å². The Morgan fingerprint density at radius 2 is 1.91 bits per heavy atom. The summed E-state index contributed by atoms with van der Waals surface area (Å²) in [6, 6.07) is 15.8. The molecule has 1 fully saturated rings. The van der Waals surface area contributed by atoms with Gasteiger partial charge in [-0.2, -0.15) is 5.26 Å². The van der Waals surface area contributed by atoms with Gasteiger partial charge in [-0.1, -0.05) is 18.2 Å². The number of quaternary nitrogens is 1. The number of carbonyl (C=O) groups is 1. The van der Waals surface area contributed by atoms with E-state index in [1.165, 1.54) is 10.5 Å². The van der Waals surface area contributed by atoms with E-state index in [0.717, 1.165) is 49.7 Å². The molecule has 2 aromatic carbocycles. The van der Waals surface area contributed by atoms with Crippen LogP contribution in [0.1, 0.15) is 17.2 Å². The molecule has 1 amide bonds. The molecule has 5 rings (SSSR count). The zero-order valence-corrected chi connectivity index (χ0v) is 19.4. The van der Waals surface area contributed by atoms with Crippen LogP contribution in [0.2, 0.25) is 0 Å². The van der Waals surface area contributed by atoms with Crippen LogP contribution in [-0.4, -0.2) is 55.4 Å². The van der Waals surface area contributed by atoms with E-state index in [0.29, 0.717) is 17.0 Å². The van der Waals surface area contributed by atoms with Crippen LogP contribution < -0.4 is 24.6 Å². The second-order valence-electron chi connectivity index (χ2n) is 8.62. The number of nitrogens with zero attached hydrogens (tertiary/aromatic N) is 4. The maximum Gasteiger partial charge on any atom is 0.243 e. The minimum absolute atomic E-state index is 0.273. The van der Waals surface area contributed by atoms with E-state index in [-0.39, 0.29) is 13.3 Å². The van der Waals surface area contributed by atoms with Crippen LogP contribution in [0.25, 0.3) is 11.0 Å². The van der Waals surface area contributed by atoms with E-state index < -0.39 is 11.8 Å². The average molecular weight is 472 g/mol. The number of hydrogen-bond acceptors (Lipinski definition) is 7. The van der Waals surface area contributed by atoms with Crippen molar-refractivity contribution in [1.29, 1.82) is 5.26 Å². The number of benzene rings is 2. The molecule has 2 aliphatic heterocycles. The van der Waals surface area contributed by atoms with Crippen molar-refractivity contribution in [2.75, 3.05) is 44.4 Å². The highest BCUT2D eigenvalue weighted by Crippen LogP contribution is 2.32. The van der Waals surface area contributed by atoms with Crippen molar-refractivity contribution >= 4 is 22.8 Å². The van der Waals surface area contributed by atoms with Gasteiger partial charge in [-0.3, -0.25) is 4.79 Å². The number of anilines is 1. The molecule has 35 heavy (non-hydrogen) atoms. The normalized spacial score (nSPS) is 16.0. The fraction of sp³-hybridized carbons (Fsp3) is 0.308. The lowest BCUT2D eigenvalue weighted by Gasteiger charge is -2.34. The van der Waals surface area contributed by atoms with E-state index >= 15 is 0 Å². The highest BCUT2D eigenvalue weighted by atomic mass is 16.7. The molecule has 0 bridgehead atoms. The summed E-state index contributed by atoms with van der Waals surface area (Å²) in [5.74, 6) is 0.742. The molecule has 3 aromatic rings. The van der Waals surface area contributed by atoms with Gasteiger partial charge in [0.1, 0.15) is 12.2 Å². The zero-order valence-electron chi connectivity index (χ0n) is 19.4. The Labute approximate surface area is 203 Å². The average Bonchev–Trinajstić information content (AvgIpc) is 3.36. The number of ether oxygens (including phenoxy) is 2. The van der Waals surface area contributed by atoms with Gasteiger partial charge in [-0.05, 0) is 30.3 Å². The summed E-state index contributed by atoms with van der Waals surface area (Å²) in [5.41, 5.74) is 3.00. The maximum atomic E-state index is 12.7. The number of nitriles is 1. The number of hydrogen-bond donors (Lipinski definition) is 2. The van der Waals surface area contributed by atoms with Gasteiger partial charge in [0.15, 0.2) is 23.2 Å². The minimum Gasteiger partial charge on any atom is -0.454 e. The molecule has 0 aliphatic carbocycles. The largest absolute Gasteiger partial charge is 0.454 e. The van der Waals surface area contributed by atoms with Crippen LogP contribution in [-0.2, 0) is 11.3 Å². The SMILES string of the molecule is C=CCNC(=O)[C@@H](C#N)c1nc2ccccc2nc1N1CC[NH+](Cc2ccc3c(c2)OCO3)CC1. The molecule has 1 atom stereocenters. The molecule has 3 heterocycles. The standard InChI is InChI=1S/C26H26N6O3/c1-2-9-28-26(33)19(15-27)24-25(30-21-6-4-3-5-20(21)29-24)32-12-10-31(11-13-32)16-18-7-8-22-23(14-18)35-17-34-22/h2-8,14,19H,1,9-13,16-17H2,(H,28,33)/p+1/t19-/m0/s1. The van der Waals surface area contributed by atoms with Crippen molar-refractivity contribution in [2.45, 2.75) is 12.5 Å². The molecule has 2 aliphatic rings. The van der Waals surface area contributed by atoms with E-state index in [2.05, 4.69) is 28.9 Å². The van der Waals surface area contributed by atoms with E-state index in [1.807, 2.05) is 36.4 Å². The summed E-state index contributed by atoms with van der Waals surface area (Å²) in [5, 5.41) is 12.6. The Kier molecular flexibility index (Phi) is 6.46. The first-order valence-electron chi connectivity index (χ1n) is 11.7. The van der Waals surface area contributed by atoms with Gasteiger partial charge < -0.3 is 24.6 Å². The summed E-state index contributed by atoms with van der Waals surface area (Å²) in [6.07, 6.45) is 1.58. The Balaban J connectivity index is 1.36. The second kappa shape index (κ2) is 9.99. The van der Waals surface area contributed by atoms with Gasteiger partial charge in [0.2, 0.25) is 12.7 Å². The molecule has 0 spiro atoms. The molecule has 2 N–H and O–H groups in total. The molecule has 9 heteroatoms. The van der Waals surface area contributed by atoms with Crippen molar-refractivity contribution in [1.82, 2.24) is 15.3 Å². The molecular formula is C26H27N6O3+. The predicted octanol–water partition coefficient (Wildman–Crippen LogP) is 1.17. The number of piperazine rings is 1. The van der Waals surface area contributed by atoms with Crippen LogP contribution in [0, 0.1) is 11.3 Å². The smallest absolute Gasteiger partial charge is 0.243 e. The van der Waals surface area contributed by atoms with Crippen molar-refractivity contribution in [2.24, 2.45) is 0 Å². The topological polar surface area (TPSA) is 105 Å². The molecule has 178 valence electrons. The van der Waals surface area contributed by atoms with Gasteiger partial charge in [0.05, 0.1) is 43.3 Å². The lowest BCUT2D eigenvalue weighted by Crippen LogP contribution is -3.13. The molecule has 9 nitrogen and oxygen atoms in total. The van der Waals surface area contributed by atoms with Crippen LogP contribution >= 0.6 is 0 Å². The summed E-state index contributed by atoms with van der Waals surface area (Å²) in [7, 11) is 0. The van der Waals surface area contributed by atoms with Crippen molar-refractivity contribution < 1.29 is 19.2 Å². The summed E-state index contributed by atoms with van der Waals surface area (Å²) in [4.78, 5) is 25.9. The molecule has 0 unspecified atom stereocenters. The number of aromatic nitrogens is 2. The lowest BCUT2D eigenvalue weighted by molar-refractivity contribution is -0.914. The third-order valence-corrected chi connectivity index (χ3v) is 6.32. The number of rotatable bonds is 7. The first kappa shape index (κ1) is 22.6. The van der Waals surface area contributed by atoms with Crippen LogP contribution in [0.15, 0.2) is 55.1 Å². The molecule has 1 saturated heterocycles. The minimum atomic E-state index is -1.05. The number of amides is 1. The second-order valence-corrected chi connectivity index (χ2v) is 8.62. The highest BCUT2D eigenvalue weighted by Gasteiger charge is 2.31. The van der Waals surface area contributed by atoms with Gasteiger partial charge in [0, 0.05) is 12.1 Å². The van der Waals surface area contributed by atoms with Crippen LogP contribution in [0.4, 0.5) is 5.82 Å². The lowest BCUT2D eigenvalue weighted by atomic mass is 10.0. The Morgan fingerprint density at radius 1 is 1.17 bits per heavy atom. The van der Waals surface area contributed by atoms with Gasteiger partial charge >= 0.3 is 0 Å². The quantitative estimate of drug-likeness (QED) is 0.499. The first-order valence-corrected chi connectivity index (χ1v) is 11.7. The molecule has 0 saturated carbocycles. The summed E-state index contributed by atoms with van der Waals surface area (Å²) >= 11 is 0. The molecule has 1 aromatic heterocycles. The van der Waals surface area contributed by atoms with Crippen LogP contribution in [0.3, 0.4) is 0 Å². The van der Waals surface area contributed by atoms with E-state index in [4.69, 9.17) is 19.4 Å². The predicted molar refractivity (Wildman–Crippen MR) is 130 cm³/mol. The van der Waals surface area contributed by atoms with E-state index in [9.17, 15) is 10.1 Å². The van der Waals surface area contributed by atoms with Crippen molar-refractivity contribution in [3.8, 4) is 17.6 Å². The highest BCUT2D eigenvalue weighted by molar-refractivity contribution is 5.89. The van der Waals surface area contributed by atoms with E-state index in [1.54, 1.807) is 6.08 Å². The van der Waals surface area contributed by atoms with Crippen molar-refractivity contribution in [3.63, 3.8) is 0 Å². The monoisotopic (exact) mass is 471 g/mol. The fourth-order valence-corrected chi connectivity index (χ4v) is 4.50. The molecule has 0 radical (unpaired) electrons. The summed E-state index contributed by atoms with van der Waals surface area (Å²) < 4.78 is 10.9. The maximum absolute atomic E-state index is 12.7. The number of fused-ring (bicyclic) bond motifs is 2. The molecular weight excluding hydrogens is 444 g/mol.